The van der Waals surface area contributed by atoms with Crippen molar-refractivity contribution in [1.82, 2.24) is 4.90 Å². The van der Waals surface area contributed by atoms with E-state index >= 15 is 0 Å². The predicted octanol–water partition coefficient (Wildman–Crippen LogP) is 4.12. The maximum atomic E-state index is 6.33. The van der Waals surface area contributed by atoms with Crippen molar-refractivity contribution in [2.45, 2.75) is 32.2 Å². The van der Waals surface area contributed by atoms with Crippen LogP contribution < -0.4 is 5.73 Å². The second kappa shape index (κ2) is 6.94. The van der Waals surface area contributed by atoms with Crippen LogP contribution in [0.1, 0.15) is 37.8 Å². The zero-order valence-corrected chi connectivity index (χ0v) is 12.9. The second-order valence-corrected chi connectivity index (χ2v) is 6.20. The fraction of sp³-hybridized carbons (Fsp3) is 0.600. The third kappa shape index (κ3) is 4.09. The van der Waals surface area contributed by atoms with Crippen LogP contribution in [0.15, 0.2) is 18.2 Å². The lowest BCUT2D eigenvalue weighted by Gasteiger charge is -2.31. The highest BCUT2D eigenvalue weighted by molar-refractivity contribution is 6.35. The Hall–Kier alpha value is -0.280. The Balaban J connectivity index is 2.19. The Labute approximate surface area is 125 Å². The van der Waals surface area contributed by atoms with E-state index in [1.807, 2.05) is 18.2 Å². The molecule has 2 rings (SSSR count). The van der Waals surface area contributed by atoms with Crippen LogP contribution in [-0.2, 0) is 0 Å². The molecule has 4 heteroatoms. The molecular weight excluding hydrogens is 279 g/mol. The van der Waals surface area contributed by atoms with Crippen molar-refractivity contribution in [3.63, 3.8) is 0 Å². The number of benzene rings is 1. The van der Waals surface area contributed by atoms with Gasteiger partial charge in [-0.1, -0.05) is 36.2 Å². The van der Waals surface area contributed by atoms with Gasteiger partial charge in [0, 0.05) is 29.2 Å². The Morgan fingerprint density at radius 3 is 2.63 bits per heavy atom. The first-order valence-corrected chi connectivity index (χ1v) is 7.80. The van der Waals surface area contributed by atoms with Gasteiger partial charge in [0.25, 0.3) is 0 Å². The second-order valence-electron chi connectivity index (χ2n) is 5.36. The molecule has 0 saturated heterocycles. The molecule has 1 saturated carbocycles. The van der Waals surface area contributed by atoms with Crippen LogP contribution in [0.5, 0.6) is 0 Å². The highest BCUT2D eigenvalue weighted by atomic mass is 35.5. The lowest BCUT2D eigenvalue weighted by molar-refractivity contribution is 0.193. The van der Waals surface area contributed by atoms with Crippen molar-refractivity contribution in [3.8, 4) is 0 Å². The predicted molar refractivity (Wildman–Crippen MR) is 82.8 cm³/mol. The van der Waals surface area contributed by atoms with E-state index in [2.05, 4.69) is 11.8 Å². The Morgan fingerprint density at radius 2 is 2.11 bits per heavy atom. The van der Waals surface area contributed by atoms with Gasteiger partial charge in [0.2, 0.25) is 0 Å². The number of hydrogen-bond acceptors (Lipinski definition) is 2. The van der Waals surface area contributed by atoms with Crippen molar-refractivity contribution >= 4 is 23.2 Å². The fourth-order valence-corrected chi connectivity index (χ4v) is 3.07. The van der Waals surface area contributed by atoms with E-state index in [0.29, 0.717) is 11.6 Å². The Bertz CT molecular complexity index is 419. The quantitative estimate of drug-likeness (QED) is 0.821. The SMILES string of the molecule is CCCN(CC1CC1)C(CN)c1ccc(Cl)cc1Cl. The third-order valence-corrected chi connectivity index (χ3v) is 4.25. The summed E-state index contributed by atoms with van der Waals surface area (Å²) in [6.45, 7) is 5.00. The molecular formula is C15H22Cl2N2. The van der Waals surface area contributed by atoms with Gasteiger partial charge in [0.1, 0.15) is 0 Å². The highest BCUT2D eigenvalue weighted by Gasteiger charge is 2.28. The van der Waals surface area contributed by atoms with E-state index in [1.54, 1.807) is 0 Å². The van der Waals surface area contributed by atoms with Gasteiger partial charge < -0.3 is 5.73 Å². The summed E-state index contributed by atoms with van der Waals surface area (Å²) in [5.74, 6) is 0.853. The largest absolute Gasteiger partial charge is 0.329 e. The molecule has 0 aromatic heterocycles. The summed E-state index contributed by atoms with van der Waals surface area (Å²) in [5, 5.41) is 1.40. The summed E-state index contributed by atoms with van der Waals surface area (Å²) in [7, 11) is 0. The minimum absolute atomic E-state index is 0.199. The van der Waals surface area contributed by atoms with E-state index in [0.717, 1.165) is 36.0 Å². The minimum Gasteiger partial charge on any atom is -0.329 e. The van der Waals surface area contributed by atoms with Crippen molar-refractivity contribution in [1.29, 1.82) is 0 Å². The van der Waals surface area contributed by atoms with Gasteiger partial charge in [0.15, 0.2) is 0 Å². The standard InChI is InChI=1S/C15H22Cl2N2/c1-2-7-19(10-11-3-4-11)15(9-18)13-6-5-12(16)8-14(13)17/h5-6,8,11,15H,2-4,7,9-10,18H2,1H3. The van der Waals surface area contributed by atoms with Gasteiger partial charge in [-0.3, -0.25) is 4.90 Å². The molecule has 0 spiro atoms. The number of nitrogens with two attached hydrogens (primary N) is 1. The molecule has 1 aromatic carbocycles. The number of nitrogens with zero attached hydrogens (tertiary/aromatic N) is 1. The molecule has 2 N–H and O–H groups in total. The van der Waals surface area contributed by atoms with Gasteiger partial charge in [-0.15, -0.1) is 0 Å². The Morgan fingerprint density at radius 1 is 1.37 bits per heavy atom. The first kappa shape index (κ1) is 15.1. The molecule has 1 aromatic rings. The van der Waals surface area contributed by atoms with Crippen LogP contribution >= 0.6 is 23.2 Å². The average molecular weight is 301 g/mol. The van der Waals surface area contributed by atoms with Crippen molar-refractivity contribution in [2.24, 2.45) is 11.7 Å². The summed E-state index contributed by atoms with van der Waals surface area (Å²) in [6, 6.07) is 5.91. The summed E-state index contributed by atoms with van der Waals surface area (Å²) < 4.78 is 0. The van der Waals surface area contributed by atoms with E-state index in [1.165, 1.54) is 12.8 Å². The number of halogens is 2. The molecule has 1 atom stereocenters. The first-order chi connectivity index (χ1) is 9.15. The molecule has 0 heterocycles. The maximum Gasteiger partial charge on any atom is 0.0485 e. The van der Waals surface area contributed by atoms with Gasteiger partial charge in [0.05, 0.1) is 0 Å². The normalized spacial score (nSPS) is 16.9. The van der Waals surface area contributed by atoms with Crippen molar-refractivity contribution < 1.29 is 0 Å². The molecule has 1 unspecified atom stereocenters. The van der Waals surface area contributed by atoms with Crippen LogP contribution in [0.3, 0.4) is 0 Å². The molecule has 0 bridgehead atoms. The fourth-order valence-electron chi connectivity index (χ4n) is 2.54. The van der Waals surface area contributed by atoms with Gasteiger partial charge in [-0.2, -0.15) is 0 Å². The van der Waals surface area contributed by atoms with E-state index in [9.17, 15) is 0 Å². The average Bonchev–Trinajstić information content (AvgIpc) is 3.17. The van der Waals surface area contributed by atoms with E-state index in [-0.39, 0.29) is 6.04 Å². The van der Waals surface area contributed by atoms with Crippen LogP contribution in [0.2, 0.25) is 10.0 Å². The summed E-state index contributed by atoms with van der Waals surface area (Å²) in [5.41, 5.74) is 7.11. The first-order valence-electron chi connectivity index (χ1n) is 7.04. The lowest BCUT2D eigenvalue weighted by Crippen LogP contribution is -2.36. The summed E-state index contributed by atoms with van der Waals surface area (Å²) in [4.78, 5) is 2.48. The van der Waals surface area contributed by atoms with Crippen LogP contribution in [-0.4, -0.2) is 24.5 Å². The smallest absolute Gasteiger partial charge is 0.0485 e. The van der Waals surface area contributed by atoms with Crippen LogP contribution in [0.4, 0.5) is 0 Å². The molecule has 106 valence electrons. The van der Waals surface area contributed by atoms with Gasteiger partial charge >= 0.3 is 0 Å². The van der Waals surface area contributed by atoms with Gasteiger partial charge in [-0.05, 0) is 49.4 Å². The monoisotopic (exact) mass is 300 g/mol. The highest BCUT2D eigenvalue weighted by Crippen LogP contribution is 2.35. The number of hydrogen-bond donors (Lipinski definition) is 1. The van der Waals surface area contributed by atoms with Crippen LogP contribution in [0.25, 0.3) is 0 Å². The molecule has 0 aliphatic heterocycles. The maximum absolute atomic E-state index is 6.33. The molecule has 2 nitrogen and oxygen atoms in total. The summed E-state index contributed by atoms with van der Waals surface area (Å²) in [6.07, 6.45) is 3.84. The number of rotatable bonds is 7. The lowest BCUT2D eigenvalue weighted by atomic mass is 10.0. The molecule has 1 fully saturated rings. The van der Waals surface area contributed by atoms with Gasteiger partial charge in [-0.25, -0.2) is 0 Å². The van der Waals surface area contributed by atoms with Crippen molar-refractivity contribution in [2.75, 3.05) is 19.6 Å². The molecule has 1 aliphatic carbocycles. The van der Waals surface area contributed by atoms with Crippen molar-refractivity contribution in [3.05, 3.63) is 33.8 Å². The topological polar surface area (TPSA) is 29.3 Å². The molecule has 0 amide bonds. The molecule has 19 heavy (non-hydrogen) atoms. The van der Waals surface area contributed by atoms with E-state index < -0.39 is 0 Å². The third-order valence-electron chi connectivity index (χ3n) is 3.69. The Kier molecular flexibility index (Phi) is 5.52. The van der Waals surface area contributed by atoms with E-state index in [4.69, 9.17) is 28.9 Å². The zero-order valence-electron chi connectivity index (χ0n) is 11.4. The van der Waals surface area contributed by atoms with Crippen LogP contribution in [0, 0.1) is 5.92 Å². The molecule has 0 radical (unpaired) electrons. The molecule has 1 aliphatic rings. The minimum atomic E-state index is 0.199. The zero-order chi connectivity index (χ0) is 13.8. The summed E-state index contributed by atoms with van der Waals surface area (Å²) >= 11 is 12.3.